The number of hydrogen-bond donors (Lipinski definition) is 1. The molecule has 0 saturated carbocycles. The number of aromatic nitrogens is 4. The minimum atomic E-state index is -1.22. The van der Waals surface area contributed by atoms with Crippen molar-refractivity contribution in [1.82, 2.24) is 19.2 Å². The van der Waals surface area contributed by atoms with Gasteiger partial charge >= 0.3 is 5.69 Å². The Kier molecular flexibility index (Phi) is 6.23. The fraction of sp³-hybridized carbons (Fsp3) is 0.381. The van der Waals surface area contributed by atoms with Crippen molar-refractivity contribution in [2.45, 2.75) is 46.3 Å². The molecule has 148 valence electrons. The smallest absolute Gasteiger partial charge is 0.351 e. The van der Waals surface area contributed by atoms with Crippen molar-refractivity contribution < 1.29 is 4.39 Å². The molecule has 0 spiro atoms. The molecule has 1 aromatic carbocycles. The second-order valence-electron chi connectivity index (χ2n) is 6.73. The first-order valence-electron chi connectivity index (χ1n) is 9.64. The molecule has 0 saturated heterocycles. The van der Waals surface area contributed by atoms with Crippen LogP contribution in [0.15, 0.2) is 35.1 Å². The molecular weight excluding hydrogens is 357 g/mol. The lowest BCUT2D eigenvalue weighted by molar-refractivity contribution is 0.449. The first-order valence-corrected chi connectivity index (χ1v) is 9.64. The number of benzene rings is 1. The van der Waals surface area contributed by atoms with Crippen molar-refractivity contribution in [3.63, 3.8) is 0 Å². The summed E-state index contributed by atoms with van der Waals surface area (Å²) in [6, 6.07) is 9.65. The van der Waals surface area contributed by atoms with Gasteiger partial charge in [0, 0.05) is 6.54 Å². The van der Waals surface area contributed by atoms with Crippen LogP contribution < -0.4 is 21.7 Å². The van der Waals surface area contributed by atoms with Gasteiger partial charge in [-0.2, -0.15) is 0 Å². The lowest BCUT2D eigenvalue weighted by atomic mass is 10.2. The van der Waals surface area contributed by atoms with Gasteiger partial charge in [0.25, 0.3) is 0 Å². The molecule has 7 heteroatoms. The number of rotatable bonds is 7. The van der Waals surface area contributed by atoms with E-state index in [-0.39, 0.29) is 5.69 Å². The van der Waals surface area contributed by atoms with Crippen LogP contribution in [0.4, 0.5) is 10.2 Å². The van der Waals surface area contributed by atoms with Crippen LogP contribution in [0.25, 0.3) is 17.8 Å². The molecule has 0 aliphatic heterocycles. The van der Waals surface area contributed by atoms with Crippen LogP contribution in [-0.2, 0) is 6.54 Å². The molecule has 0 radical (unpaired) electrons. The first-order chi connectivity index (χ1) is 13.5. The monoisotopic (exact) mass is 383 g/mol. The maximum absolute atomic E-state index is 13.8. The van der Waals surface area contributed by atoms with E-state index in [0.717, 1.165) is 24.9 Å². The zero-order valence-electron chi connectivity index (χ0n) is 16.5. The molecule has 3 rings (SSSR count). The molecule has 2 heterocycles. The van der Waals surface area contributed by atoms with E-state index in [1.807, 2.05) is 37.3 Å². The van der Waals surface area contributed by atoms with Gasteiger partial charge in [0.2, 0.25) is 5.65 Å². The molecule has 0 fully saturated rings. The van der Waals surface area contributed by atoms with Gasteiger partial charge in [-0.05, 0) is 31.9 Å². The van der Waals surface area contributed by atoms with E-state index in [4.69, 9.17) is 0 Å². The van der Waals surface area contributed by atoms with Gasteiger partial charge in [0.15, 0.2) is 5.82 Å². The van der Waals surface area contributed by atoms with E-state index >= 15 is 0 Å². The summed E-state index contributed by atoms with van der Waals surface area (Å²) in [5, 5.41) is 8.77. The summed E-state index contributed by atoms with van der Waals surface area (Å²) < 4.78 is 16.7. The lowest BCUT2D eigenvalue weighted by Crippen LogP contribution is -2.41. The number of anilines is 1. The quantitative estimate of drug-likeness (QED) is 0.635. The minimum Gasteiger partial charge on any atom is -0.367 e. The van der Waals surface area contributed by atoms with Crippen molar-refractivity contribution in [2.75, 3.05) is 11.9 Å². The molecular formula is C21H26FN5O. The maximum atomic E-state index is 13.8. The highest BCUT2D eigenvalue weighted by molar-refractivity contribution is 5.62. The number of hydrogen-bond acceptors (Lipinski definition) is 4. The van der Waals surface area contributed by atoms with Crippen LogP contribution in [0.2, 0.25) is 0 Å². The average Bonchev–Trinajstić information content (AvgIpc) is 3.00. The second kappa shape index (κ2) is 8.82. The van der Waals surface area contributed by atoms with E-state index in [0.29, 0.717) is 28.7 Å². The van der Waals surface area contributed by atoms with Crippen molar-refractivity contribution in [3.8, 4) is 0 Å². The maximum Gasteiger partial charge on any atom is 0.351 e. The Balaban J connectivity index is 2.25. The third kappa shape index (κ3) is 4.13. The molecule has 28 heavy (non-hydrogen) atoms. The van der Waals surface area contributed by atoms with Gasteiger partial charge in [-0.1, -0.05) is 49.8 Å². The van der Waals surface area contributed by atoms with Crippen LogP contribution >= 0.6 is 0 Å². The third-order valence-electron chi connectivity index (χ3n) is 4.45. The number of fused-ring (bicyclic) bond motifs is 1. The normalized spacial score (nSPS) is 14.0. The van der Waals surface area contributed by atoms with Crippen LogP contribution in [0.3, 0.4) is 0 Å². The van der Waals surface area contributed by atoms with Crippen LogP contribution in [-0.4, -0.2) is 31.9 Å². The highest BCUT2D eigenvalue weighted by atomic mass is 19.1. The molecule has 1 unspecified atom stereocenters. The Hall–Kier alpha value is -2.96. The second-order valence-corrected chi connectivity index (χ2v) is 6.73. The largest absolute Gasteiger partial charge is 0.367 e. The van der Waals surface area contributed by atoms with E-state index in [2.05, 4.69) is 22.3 Å². The molecule has 1 atom stereocenters. The van der Waals surface area contributed by atoms with Crippen molar-refractivity contribution in [2.24, 2.45) is 0 Å². The predicted octanol–water partition coefficient (Wildman–Crippen LogP) is 2.09. The van der Waals surface area contributed by atoms with Gasteiger partial charge in [-0.15, -0.1) is 5.10 Å². The topological polar surface area (TPSA) is 64.2 Å². The van der Waals surface area contributed by atoms with Gasteiger partial charge in [-0.3, -0.25) is 0 Å². The van der Waals surface area contributed by atoms with E-state index in [9.17, 15) is 9.18 Å². The Labute approximate surface area is 163 Å². The van der Waals surface area contributed by atoms with E-state index < -0.39 is 6.17 Å². The molecule has 6 nitrogen and oxygen atoms in total. The Morgan fingerprint density at radius 3 is 2.68 bits per heavy atom. The SMILES string of the molecule is CC=c1nc(NCCCC)c2nn(Cc3ccccc3)c(=O)n2c1=CC(C)F. The summed E-state index contributed by atoms with van der Waals surface area (Å²) in [5.74, 6) is 0.536. The van der Waals surface area contributed by atoms with Crippen molar-refractivity contribution >= 4 is 23.6 Å². The lowest BCUT2D eigenvalue weighted by Gasteiger charge is -2.06. The summed E-state index contributed by atoms with van der Waals surface area (Å²) >= 11 is 0. The molecule has 0 bridgehead atoms. The van der Waals surface area contributed by atoms with Crippen molar-refractivity contribution in [1.29, 1.82) is 0 Å². The van der Waals surface area contributed by atoms with E-state index in [1.54, 1.807) is 6.08 Å². The standard InChI is InChI=1S/C21H26FN5O/c1-4-6-12-23-19-20-25-26(14-16-10-8-7-9-11-16)21(28)27(20)18(13-15(3)22)17(5-2)24-19/h5,7-11,13,15H,4,6,12,14H2,1-3H3,(H,23,24). The van der Waals surface area contributed by atoms with Crippen LogP contribution in [0.5, 0.6) is 0 Å². The van der Waals surface area contributed by atoms with Crippen molar-refractivity contribution in [3.05, 3.63) is 57.1 Å². The molecule has 0 amide bonds. The number of nitrogens with zero attached hydrogens (tertiary/aromatic N) is 4. The number of alkyl halides is 1. The number of halogens is 1. The molecule has 2 aromatic heterocycles. The Morgan fingerprint density at radius 1 is 1.29 bits per heavy atom. The van der Waals surface area contributed by atoms with Crippen LogP contribution in [0, 0.1) is 0 Å². The van der Waals surface area contributed by atoms with Gasteiger partial charge in [0.05, 0.1) is 17.2 Å². The molecule has 0 aliphatic carbocycles. The number of nitrogens with one attached hydrogen (secondary N) is 1. The van der Waals surface area contributed by atoms with Gasteiger partial charge < -0.3 is 5.32 Å². The fourth-order valence-corrected chi connectivity index (χ4v) is 3.07. The average molecular weight is 383 g/mol. The molecule has 1 N–H and O–H groups in total. The first kappa shape index (κ1) is 19.8. The summed E-state index contributed by atoms with van der Waals surface area (Å²) in [7, 11) is 0. The Morgan fingerprint density at radius 2 is 2.04 bits per heavy atom. The highest BCUT2D eigenvalue weighted by Gasteiger charge is 2.15. The van der Waals surface area contributed by atoms with Crippen LogP contribution in [0.1, 0.15) is 39.2 Å². The summed E-state index contributed by atoms with van der Waals surface area (Å²) in [4.78, 5) is 17.7. The molecule has 0 aliphatic rings. The zero-order valence-corrected chi connectivity index (χ0v) is 16.5. The predicted molar refractivity (Wildman–Crippen MR) is 111 cm³/mol. The van der Waals surface area contributed by atoms with Gasteiger partial charge in [-0.25, -0.2) is 23.3 Å². The summed E-state index contributed by atoms with van der Waals surface area (Å²) in [6.07, 6.45) is 3.98. The zero-order chi connectivity index (χ0) is 20.1. The Bertz CT molecular complexity index is 1120. The van der Waals surface area contributed by atoms with E-state index in [1.165, 1.54) is 22.1 Å². The summed E-state index contributed by atoms with van der Waals surface area (Å²) in [5.41, 5.74) is 1.07. The third-order valence-corrected chi connectivity index (χ3v) is 4.45. The van der Waals surface area contributed by atoms with Gasteiger partial charge in [0.1, 0.15) is 6.17 Å². The number of unbranched alkanes of at least 4 members (excludes halogenated alkanes) is 1. The fourth-order valence-electron chi connectivity index (χ4n) is 3.07. The minimum absolute atomic E-state index is 0.310. The summed E-state index contributed by atoms with van der Waals surface area (Å²) in [6.45, 7) is 6.42. The molecule has 3 aromatic rings. The highest BCUT2D eigenvalue weighted by Crippen LogP contribution is 2.08.